The summed E-state index contributed by atoms with van der Waals surface area (Å²) in [5, 5.41) is 12.5. The van der Waals surface area contributed by atoms with Gasteiger partial charge >= 0.3 is 12.1 Å². The summed E-state index contributed by atoms with van der Waals surface area (Å²) in [5.41, 5.74) is 3.10. The number of nitrogens with one attached hydrogen (secondary N) is 1. The van der Waals surface area contributed by atoms with E-state index in [2.05, 4.69) is 10.3 Å². The Bertz CT molecular complexity index is 1440. The highest BCUT2D eigenvalue weighted by molar-refractivity contribution is 6.40. The van der Waals surface area contributed by atoms with Crippen LogP contribution in [-0.2, 0) is 38.8 Å². The average molecular weight is 641 g/mol. The zero-order valence-corrected chi connectivity index (χ0v) is 24.3. The van der Waals surface area contributed by atoms with Gasteiger partial charge in [0.2, 0.25) is 5.91 Å². The molecule has 2 fully saturated rings. The lowest BCUT2D eigenvalue weighted by Gasteiger charge is -2.36. The van der Waals surface area contributed by atoms with Crippen molar-refractivity contribution >= 4 is 35.0 Å². The molecule has 2 saturated heterocycles. The molecule has 2 aliphatic heterocycles. The third-order valence-corrected chi connectivity index (χ3v) is 8.30. The fourth-order valence-electron chi connectivity index (χ4n) is 5.27. The Hall–Kier alpha value is -3.16. The molecule has 3 heterocycles. The number of ether oxygens (including phenoxy) is 2. The molecule has 0 aliphatic carbocycles. The van der Waals surface area contributed by atoms with Crippen molar-refractivity contribution in [3.05, 3.63) is 87.4 Å². The molecular formula is C29H29Cl2F3N4O5. The number of carbonyl (C=O) groups is 2. The predicted molar refractivity (Wildman–Crippen MR) is 150 cm³/mol. The summed E-state index contributed by atoms with van der Waals surface area (Å²) in [6, 6.07) is 13.4. The molecule has 2 amide bonds. The van der Waals surface area contributed by atoms with Gasteiger partial charge in [0.1, 0.15) is 11.2 Å². The molecule has 14 heteroatoms. The molecule has 0 bridgehead atoms. The number of benzene rings is 2. The summed E-state index contributed by atoms with van der Waals surface area (Å²) >= 11 is 12.3. The van der Waals surface area contributed by atoms with Crippen molar-refractivity contribution in [2.24, 2.45) is 0 Å². The van der Waals surface area contributed by atoms with E-state index in [-0.39, 0.29) is 43.5 Å². The van der Waals surface area contributed by atoms with E-state index in [0.717, 1.165) is 11.1 Å². The minimum atomic E-state index is -5.03. The summed E-state index contributed by atoms with van der Waals surface area (Å²) in [7, 11) is 0. The zero-order valence-electron chi connectivity index (χ0n) is 22.8. The standard InChI is InChI=1S/C29H29Cl2F3N4O5/c30-24-25(31)37(16-36-24)14-21-12-23(19-7-5-18(15-39)6-8-19)43-27(42-21)20-9-3-17(4-10-20)13-35-26(40)22-2-1-11-38(22)28(41)29(32,33)34/h3-10,16,21-23,27,39H,1-2,11-15H2,(H,35,40)/t21-,22+,23+,27+/m1/s1. The van der Waals surface area contributed by atoms with Crippen LogP contribution >= 0.6 is 23.2 Å². The molecule has 4 atom stereocenters. The van der Waals surface area contributed by atoms with Crippen LogP contribution in [0.5, 0.6) is 0 Å². The van der Waals surface area contributed by atoms with Crippen LogP contribution in [0.1, 0.15) is 53.9 Å². The molecule has 2 aliphatic rings. The molecule has 2 N–H and O–H groups in total. The van der Waals surface area contributed by atoms with Crippen LogP contribution in [-0.4, -0.2) is 56.2 Å². The van der Waals surface area contributed by atoms with Gasteiger partial charge in [0.05, 0.1) is 31.7 Å². The van der Waals surface area contributed by atoms with Gasteiger partial charge in [-0.15, -0.1) is 0 Å². The zero-order chi connectivity index (χ0) is 30.7. The van der Waals surface area contributed by atoms with Gasteiger partial charge in [-0.25, -0.2) is 4.98 Å². The number of halogens is 5. The largest absolute Gasteiger partial charge is 0.471 e. The Labute approximate surface area is 255 Å². The van der Waals surface area contributed by atoms with Crippen molar-refractivity contribution in [2.45, 2.75) is 69.7 Å². The molecular weight excluding hydrogens is 612 g/mol. The van der Waals surface area contributed by atoms with Crippen LogP contribution in [0.3, 0.4) is 0 Å². The topological polar surface area (TPSA) is 106 Å². The van der Waals surface area contributed by atoms with Gasteiger partial charge < -0.3 is 29.4 Å². The summed E-state index contributed by atoms with van der Waals surface area (Å²) < 4.78 is 53.1. The first-order chi connectivity index (χ1) is 20.5. The van der Waals surface area contributed by atoms with E-state index in [1.807, 2.05) is 24.3 Å². The molecule has 5 rings (SSSR count). The van der Waals surface area contributed by atoms with E-state index < -0.39 is 30.3 Å². The van der Waals surface area contributed by atoms with Gasteiger partial charge in [-0.1, -0.05) is 71.7 Å². The van der Waals surface area contributed by atoms with E-state index in [1.165, 1.54) is 6.33 Å². The van der Waals surface area contributed by atoms with E-state index >= 15 is 0 Å². The van der Waals surface area contributed by atoms with E-state index in [1.54, 1.807) is 28.8 Å². The number of rotatable bonds is 8. The maximum Gasteiger partial charge on any atom is 0.471 e. The summed E-state index contributed by atoms with van der Waals surface area (Å²) in [6.45, 7) is 0.263. The number of hydrogen-bond acceptors (Lipinski definition) is 6. The molecule has 0 spiro atoms. The first kappa shape index (κ1) is 31.3. The molecule has 3 aromatic rings. The maximum atomic E-state index is 12.9. The Morgan fingerprint density at radius 1 is 1.02 bits per heavy atom. The lowest BCUT2D eigenvalue weighted by atomic mass is 10.00. The Morgan fingerprint density at radius 2 is 1.70 bits per heavy atom. The molecule has 2 aromatic carbocycles. The summed E-state index contributed by atoms with van der Waals surface area (Å²) in [4.78, 5) is 29.0. The number of aliphatic hydroxyl groups is 1. The highest BCUT2D eigenvalue weighted by atomic mass is 35.5. The van der Waals surface area contributed by atoms with Crippen LogP contribution in [0.25, 0.3) is 0 Å². The number of alkyl halides is 3. The number of likely N-dealkylation sites (tertiary alicyclic amines) is 1. The van der Waals surface area contributed by atoms with Gasteiger partial charge in [-0.3, -0.25) is 9.59 Å². The number of aromatic nitrogens is 2. The number of carbonyl (C=O) groups excluding carboxylic acids is 2. The highest BCUT2D eigenvalue weighted by Gasteiger charge is 2.47. The SMILES string of the molecule is O=C(NCc1ccc([C@H]2O[C@@H](Cn3cnc(Cl)c3Cl)C[C@@H](c3ccc(CO)cc3)O2)cc1)[C@@H]1CCCN1C(=O)C(F)(F)F. The second kappa shape index (κ2) is 13.2. The van der Waals surface area contributed by atoms with Crippen molar-refractivity contribution in [1.29, 1.82) is 0 Å². The van der Waals surface area contributed by atoms with Gasteiger partial charge in [0.15, 0.2) is 11.4 Å². The van der Waals surface area contributed by atoms with Crippen LogP contribution in [0, 0.1) is 0 Å². The molecule has 0 radical (unpaired) electrons. The smallest absolute Gasteiger partial charge is 0.392 e. The van der Waals surface area contributed by atoms with Gasteiger partial charge in [-0.2, -0.15) is 13.2 Å². The Kier molecular flexibility index (Phi) is 9.62. The van der Waals surface area contributed by atoms with Crippen LogP contribution in [0.4, 0.5) is 13.2 Å². The van der Waals surface area contributed by atoms with E-state index in [9.17, 15) is 27.9 Å². The number of imidazole rings is 1. The number of amides is 2. The van der Waals surface area contributed by atoms with Crippen molar-refractivity contribution in [2.75, 3.05) is 6.54 Å². The molecule has 0 saturated carbocycles. The lowest BCUT2D eigenvalue weighted by Crippen LogP contribution is -2.50. The molecule has 0 unspecified atom stereocenters. The molecule has 9 nitrogen and oxygen atoms in total. The molecule has 1 aromatic heterocycles. The lowest BCUT2D eigenvalue weighted by molar-refractivity contribution is -0.252. The third-order valence-electron chi connectivity index (χ3n) is 7.53. The van der Waals surface area contributed by atoms with Gasteiger partial charge in [0.25, 0.3) is 0 Å². The first-order valence-corrected chi connectivity index (χ1v) is 14.4. The third kappa shape index (κ3) is 7.32. The van der Waals surface area contributed by atoms with E-state index in [4.69, 9.17) is 32.7 Å². The van der Waals surface area contributed by atoms with Crippen molar-refractivity contribution < 1.29 is 37.3 Å². The fourth-order valence-corrected chi connectivity index (χ4v) is 5.58. The minimum Gasteiger partial charge on any atom is -0.392 e. The van der Waals surface area contributed by atoms with Crippen molar-refractivity contribution in [3.63, 3.8) is 0 Å². The summed E-state index contributed by atoms with van der Waals surface area (Å²) in [5.74, 6) is -2.63. The Morgan fingerprint density at radius 3 is 2.33 bits per heavy atom. The summed E-state index contributed by atoms with van der Waals surface area (Å²) in [6.07, 6.45) is -3.88. The van der Waals surface area contributed by atoms with Gasteiger partial charge in [-0.05, 0) is 29.5 Å². The fraction of sp³-hybridized carbons (Fsp3) is 0.414. The number of nitrogens with zero attached hydrogens (tertiary/aromatic N) is 3. The highest BCUT2D eigenvalue weighted by Crippen LogP contribution is 2.39. The van der Waals surface area contributed by atoms with Crippen LogP contribution in [0.2, 0.25) is 10.3 Å². The number of aliphatic hydroxyl groups excluding tert-OH is 1. The molecule has 43 heavy (non-hydrogen) atoms. The van der Waals surface area contributed by atoms with E-state index in [0.29, 0.717) is 40.6 Å². The van der Waals surface area contributed by atoms with Crippen LogP contribution in [0.15, 0.2) is 54.9 Å². The molecule has 230 valence electrons. The van der Waals surface area contributed by atoms with Crippen molar-refractivity contribution in [1.82, 2.24) is 19.8 Å². The maximum absolute atomic E-state index is 12.9. The van der Waals surface area contributed by atoms with Crippen LogP contribution < -0.4 is 5.32 Å². The number of hydrogen-bond donors (Lipinski definition) is 2. The second-order valence-electron chi connectivity index (χ2n) is 10.4. The first-order valence-electron chi connectivity index (χ1n) is 13.6. The normalized spacial score (nSPS) is 22.5. The quantitative estimate of drug-likeness (QED) is 0.355. The average Bonchev–Trinajstić information content (AvgIpc) is 3.62. The Balaban J connectivity index is 1.26. The monoisotopic (exact) mass is 640 g/mol. The van der Waals surface area contributed by atoms with Gasteiger partial charge in [0, 0.05) is 25.1 Å². The second-order valence-corrected chi connectivity index (χ2v) is 11.2. The van der Waals surface area contributed by atoms with Crippen molar-refractivity contribution in [3.8, 4) is 0 Å². The minimum absolute atomic E-state index is 0.0678. The predicted octanol–water partition coefficient (Wildman–Crippen LogP) is 5.10.